The van der Waals surface area contributed by atoms with Gasteiger partial charge < -0.3 is 20.1 Å². The molecule has 1 aliphatic heterocycles. The number of aryl methyl sites for hydroxylation is 1. The second kappa shape index (κ2) is 9.25. The molecule has 178 valence electrons. The van der Waals surface area contributed by atoms with Crippen LogP contribution in [0.15, 0.2) is 42.5 Å². The first-order valence-corrected chi connectivity index (χ1v) is 11.4. The molecule has 1 aromatic heterocycles. The molecule has 7 heteroatoms. The number of ether oxygens (including phenoxy) is 1. The second-order valence-electron chi connectivity index (χ2n) is 10.0. The maximum atomic E-state index is 12.0. The molecule has 1 atom stereocenters. The molecule has 1 amide bonds. The molecule has 0 aliphatic carbocycles. The van der Waals surface area contributed by atoms with Crippen molar-refractivity contribution >= 4 is 22.8 Å². The molecule has 2 N–H and O–H groups in total. The largest absolute Gasteiger partial charge is 0.507 e. The number of hydrogen-bond donors (Lipinski definition) is 2. The number of hydrogen-bond acceptors (Lipinski definition) is 6. The van der Waals surface area contributed by atoms with Crippen LogP contribution >= 0.6 is 0 Å². The van der Waals surface area contributed by atoms with Gasteiger partial charge in [0, 0.05) is 27.9 Å². The summed E-state index contributed by atoms with van der Waals surface area (Å²) in [5, 5.41) is 14.2. The zero-order chi connectivity index (χ0) is 23.6. The van der Waals surface area contributed by atoms with Crippen molar-refractivity contribution in [3.05, 3.63) is 48.0 Å². The minimum atomic E-state index is -0.367. The van der Waals surface area contributed by atoms with Gasteiger partial charge in [-0.05, 0) is 54.5 Å². The number of nitrogens with zero attached hydrogens (tertiary/aromatic N) is 3. The third-order valence-corrected chi connectivity index (χ3v) is 5.73. The van der Waals surface area contributed by atoms with E-state index in [-0.39, 0.29) is 20.1 Å². The summed E-state index contributed by atoms with van der Waals surface area (Å²) in [6, 6.07) is 13.3. The number of benzene rings is 2. The van der Waals surface area contributed by atoms with Gasteiger partial charge >= 0.3 is 6.09 Å². The van der Waals surface area contributed by atoms with E-state index in [0.717, 1.165) is 41.8 Å². The lowest BCUT2D eigenvalue weighted by Gasteiger charge is -2.21. The van der Waals surface area contributed by atoms with Crippen molar-refractivity contribution in [2.75, 3.05) is 31.1 Å². The zero-order valence-corrected chi connectivity index (χ0v) is 19.8. The number of para-hydroxylation sites is 1. The van der Waals surface area contributed by atoms with Gasteiger partial charge in [-0.15, -0.1) is 0 Å². The fourth-order valence-electron chi connectivity index (χ4n) is 4.00. The van der Waals surface area contributed by atoms with Gasteiger partial charge in [-0.1, -0.05) is 39.0 Å². The number of aromatic nitrogens is 2. The Morgan fingerprint density at radius 3 is 2.79 bits per heavy atom. The van der Waals surface area contributed by atoms with Crippen LogP contribution in [-0.4, -0.2) is 47.4 Å². The fourth-order valence-corrected chi connectivity index (χ4v) is 4.00. The summed E-state index contributed by atoms with van der Waals surface area (Å²) in [7, 11) is 0. The molecule has 1 fully saturated rings. The maximum absolute atomic E-state index is 12.0. The Hall–Kier alpha value is -3.35. The van der Waals surface area contributed by atoms with Gasteiger partial charge in [-0.2, -0.15) is 0 Å². The van der Waals surface area contributed by atoms with Crippen LogP contribution in [0.4, 0.5) is 10.6 Å². The van der Waals surface area contributed by atoms with Crippen molar-refractivity contribution < 1.29 is 17.5 Å². The number of carbonyl (C=O) groups excluding carboxylic acids is 1. The van der Waals surface area contributed by atoms with Crippen LogP contribution in [0.2, 0.25) is 0 Å². The molecule has 33 heavy (non-hydrogen) atoms. The number of rotatable bonds is 5. The lowest BCUT2D eigenvalue weighted by atomic mass is 9.99. The van der Waals surface area contributed by atoms with E-state index < -0.39 is 0 Å². The monoisotopic (exact) mass is 452 g/mol. The standard InChI is InChI=1S/C26H32N4O3.2H2/c1-17-9-10-19-21(13-17)28-23(20-7-5-6-8-22(20)31)29-24(19)30-12-11-18(15-30)14-27-25(32)33-16-26(2,3)4;;/h5-10,13,18,31H,11-12,14-16H2,1-4H3,(H,27,32);2*1H/t18-;;/m0../s1. The molecular formula is C26H36N4O3. The first-order valence-electron chi connectivity index (χ1n) is 11.4. The Morgan fingerprint density at radius 1 is 1.24 bits per heavy atom. The number of anilines is 1. The summed E-state index contributed by atoms with van der Waals surface area (Å²) in [6.07, 6.45) is 0.580. The van der Waals surface area contributed by atoms with Crippen molar-refractivity contribution in [1.82, 2.24) is 15.3 Å². The van der Waals surface area contributed by atoms with Crippen molar-refractivity contribution in [3.8, 4) is 17.1 Å². The first-order chi connectivity index (χ1) is 15.7. The summed E-state index contributed by atoms with van der Waals surface area (Å²) in [4.78, 5) is 23.9. The summed E-state index contributed by atoms with van der Waals surface area (Å²) in [5.74, 6) is 1.83. The molecule has 0 unspecified atom stereocenters. The maximum Gasteiger partial charge on any atom is 0.407 e. The number of phenols is 1. The smallest absolute Gasteiger partial charge is 0.407 e. The van der Waals surface area contributed by atoms with Crippen molar-refractivity contribution in [2.45, 2.75) is 34.1 Å². The number of amides is 1. The highest BCUT2D eigenvalue weighted by atomic mass is 16.5. The molecular weight excluding hydrogens is 416 g/mol. The van der Waals surface area contributed by atoms with Crippen LogP contribution in [0.3, 0.4) is 0 Å². The van der Waals surface area contributed by atoms with Gasteiger partial charge in [0.25, 0.3) is 0 Å². The summed E-state index contributed by atoms with van der Waals surface area (Å²) in [5.41, 5.74) is 2.53. The SMILES string of the molecule is Cc1ccc2c(N3CC[C@@H](CNC(=O)OCC(C)(C)C)C3)nc(-c3ccccc3O)nc2c1.[HH].[HH]. The Labute approximate surface area is 197 Å². The molecule has 0 radical (unpaired) electrons. The molecule has 4 rings (SSSR count). The number of alkyl carbamates (subject to hydrolysis) is 1. The normalized spacial score (nSPS) is 16.2. The molecule has 0 spiro atoms. The predicted octanol–water partition coefficient (Wildman–Crippen LogP) is 5.40. The van der Waals surface area contributed by atoms with Gasteiger partial charge in [-0.25, -0.2) is 14.8 Å². The highest BCUT2D eigenvalue weighted by Crippen LogP contribution is 2.33. The van der Waals surface area contributed by atoms with E-state index >= 15 is 0 Å². The minimum Gasteiger partial charge on any atom is -0.507 e. The highest BCUT2D eigenvalue weighted by molar-refractivity contribution is 5.92. The third kappa shape index (κ3) is 5.53. The van der Waals surface area contributed by atoms with E-state index in [9.17, 15) is 9.90 Å². The molecule has 1 aliphatic rings. The molecule has 7 nitrogen and oxygen atoms in total. The van der Waals surface area contributed by atoms with E-state index in [1.54, 1.807) is 12.1 Å². The van der Waals surface area contributed by atoms with Crippen molar-refractivity contribution in [3.63, 3.8) is 0 Å². The Morgan fingerprint density at radius 2 is 2.03 bits per heavy atom. The highest BCUT2D eigenvalue weighted by Gasteiger charge is 2.26. The van der Waals surface area contributed by atoms with Crippen LogP contribution in [-0.2, 0) is 4.74 Å². The average molecular weight is 453 g/mol. The Balaban J connectivity index is 0.00000216. The van der Waals surface area contributed by atoms with E-state index in [1.165, 1.54) is 0 Å². The van der Waals surface area contributed by atoms with Gasteiger partial charge in [0.15, 0.2) is 5.82 Å². The molecule has 0 saturated carbocycles. The van der Waals surface area contributed by atoms with E-state index in [1.807, 2.05) is 45.9 Å². The van der Waals surface area contributed by atoms with Crippen LogP contribution in [0.5, 0.6) is 5.75 Å². The lowest BCUT2D eigenvalue weighted by Crippen LogP contribution is -2.33. The molecule has 3 aromatic rings. The predicted molar refractivity (Wildman–Crippen MR) is 135 cm³/mol. The summed E-state index contributed by atoms with van der Waals surface area (Å²) < 4.78 is 5.31. The average Bonchev–Trinajstić information content (AvgIpc) is 3.24. The van der Waals surface area contributed by atoms with Gasteiger partial charge in [-0.3, -0.25) is 0 Å². The van der Waals surface area contributed by atoms with Crippen LogP contribution in [0.1, 0.15) is 35.6 Å². The van der Waals surface area contributed by atoms with E-state index in [2.05, 4.69) is 22.3 Å². The number of phenolic OH excluding ortho intramolecular Hbond substituents is 1. The molecule has 0 bridgehead atoms. The van der Waals surface area contributed by atoms with Crippen molar-refractivity contribution in [1.29, 1.82) is 0 Å². The van der Waals surface area contributed by atoms with Gasteiger partial charge in [0.1, 0.15) is 11.6 Å². The Kier molecular flexibility index (Phi) is 6.40. The first kappa shape index (κ1) is 22.8. The van der Waals surface area contributed by atoms with Gasteiger partial charge in [0.2, 0.25) is 0 Å². The van der Waals surface area contributed by atoms with Gasteiger partial charge in [0.05, 0.1) is 17.7 Å². The molecule has 2 heterocycles. The minimum absolute atomic E-state index is 0. The number of carbonyl (C=O) groups is 1. The fraction of sp³-hybridized carbons (Fsp3) is 0.423. The third-order valence-electron chi connectivity index (χ3n) is 5.73. The molecule has 2 aromatic carbocycles. The Bertz CT molecular complexity index is 1170. The molecule has 1 saturated heterocycles. The summed E-state index contributed by atoms with van der Waals surface area (Å²) >= 11 is 0. The number of aromatic hydroxyl groups is 1. The van der Waals surface area contributed by atoms with Crippen LogP contribution in [0, 0.1) is 18.3 Å². The quantitative estimate of drug-likeness (QED) is 0.539. The second-order valence-corrected chi connectivity index (χ2v) is 10.0. The van der Waals surface area contributed by atoms with E-state index in [0.29, 0.717) is 30.5 Å². The van der Waals surface area contributed by atoms with Crippen molar-refractivity contribution in [2.24, 2.45) is 11.3 Å². The van der Waals surface area contributed by atoms with Crippen LogP contribution in [0.25, 0.3) is 22.3 Å². The number of nitrogens with one attached hydrogen (secondary N) is 1. The van der Waals surface area contributed by atoms with E-state index in [4.69, 9.17) is 14.7 Å². The topological polar surface area (TPSA) is 87.6 Å². The summed E-state index contributed by atoms with van der Waals surface area (Å²) in [6.45, 7) is 10.7. The number of fused-ring (bicyclic) bond motifs is 1. The lowest BCUT2D eigenvalue weighted by molar-refractivity contribution is 0.105. The van der Waals surface area contributed by atoms with Crippen LogP contribution < -0.4 is 10.2 Å². The zero-order valence-electron chi connectivity index (χ0n) is 19.8.